The zero-order valence-electron chi connectivity index (χ0n) is 27.0. The highest BCUT2D eigenvalue weighted by Crippen LogP contribution is 2.48. The highest BCUT2D eigenvalue weighted by atomic mass is 32.2. The molecule has 5 rings (SSSR count). The van der Waals surface area contributed by atoms with Crippen LogP contribution in [0.2, 0.25) is 0 Å². The molecule has 0 aromatic heterocycles. The van der Waals surface area contributed by atoms with E-state index < -0.39 is 47.5 Å². The quantitative estimate of drug-likeness (QED) is 0.0944. The van der Waals surface area contributed by atoms with Gasteiger partial charge in [0.05, 0.1) is 18.5 Å². The monoisotopic (exact) mass is 674 g/mol. The van der Waals surface area contributed by atoms with Crippen molar-refractivity contribution in [3.63, 3.8) is 0 Å². The Balaban J connectivity index is 1.51. The molecule has 5 aromatic rings. The van der Waals surface area contributed by atoms with Gasteiger partial charge in [-0.1, -0.05) is 152 Å². The number of benzene rings is 5. The van der Waals surface area contributed by atoms with Crippen LogP contribution in [0, 0.1) is 0 Å². The summed E-state index contributed by atoms with van der Waals surface area (Å²) in [5, 5.41) is 15.2. The van der Waals surface area contributed by atoms with Crippen LogP contribution in [0.1, 0.15) is 33.9 Å². The minimum Gasteiger partial charge on any atom is -0.467 e. The molecule has 9 heteroatoms. The Bertz CT molecular complexity index is 1640. The molecule has 49 heavy (non-hydrogen) atoms. The fourth-order valence-corrected chi connectivity index (χ4v) is 7.18. The van der Waals surface area contributed by atoms with Gasteiger partial charge in [0.25, 0.3) is 0 Å². The van der Waals surface area contributed by atoms with Gasteiger partial charge in [-0.15, -0.1) is 11.8 Å². The molecule has 0 aliphatic carbocycles. The smallest absolute Gasteiger partial charge is 0.408 e. The Morgan fingerprint density at radius 3 is 1.43 bits per heavy atom. The van der Waals surface area contributed by atoms with E-state index in [1.165, 1.54) is 18.9 Å². The fraction of sp³-hybridized carbons (Fsp3) is 0.175. The maximum Gasteiger partial charge on any atom is 0.408 e. The summed E-state index contributed by atoms with van der Waals surface area (Å²) in [6, 6.07) is 45.9. The van der Waals surface area contributed by atoms with Crippen LogP contribution in [0.3, 0.4) is 0 Å². The van der Waals surface area contributed by atoms with Crippen LogP contribution in [0.25, 0.3) is 0 Å². The first-order chi connectivity index (χ1) is 24.0. The molecule has 0 fully saturated rings. The molecule has 0 radical (unpaired) electrons. The third kappa shape index (κ3) is 8.56. The number of alkyl carbamates (subject to hydrolysis) is 1. The van der Waals surface area contributed by atoms with Crippen LogP contribution in [0.5, 0.6) is 0 Å². The summed E-state index contributed by atoms with van der Waals surface area (Å²) in [5.74, 6) is -1.45. The lowest BCUT2D eigenvalue weighted by Gasteiger charge is -2.36. The third-order valence-corrected chi connectivity index (χ3v) is 9.67. The molecule has 3 N–H and O–H groups in total. The number of aliphatic hydroxyl groups is 1. The van der Waals surface area contributed by atoms with Gasteiger partial charge in [0.15, 0.2) is 12.1 Å². The van der Waals surface area contributed by atoms with Gasteiger partial charge in [0.1, 0.15) is 6.04 Å². The van der Waals surface area contributed by atoms with E-state index in [4.69, 9.17) is 9.47 Å². The molecule has 8 nitrogen and oxygen atoms in total. The summed E-state index contributed by atoms with van der Waals surface area (Å²) in [6.45, 7) is -0.686. The van der Waals surface area contributed by atoms with Crippen molar-refractivity contribution in [1.29, 1.82) is 0 Å². The number of hydrogen-bond acceptors (Lipinski definition) is 7. The molecule has 2 unspecified atom stereocenters. The molecule has 0 bridgehead atoms. The van der Waals surface area contributed by atoms with Crippen LogP contribution in [-0.4, -0.2) is 54.6 Å². The standard InChI is InChI=1S/C40H38N2O6S/c1-47-38(45)34(27-43)41-37(44)35(42-39(46)48-36(29-17-7-2-8-18-29)30-19-9-3-10-20-30)28-49-40(31-21-11-4-12-22-31,32-23-13-5-14-24-32)33-25-15-6-16-26-33/h2-26,34-36,43H,27-28H2,1H3,(H,41,44)(H,42,46). The van der Waals surface area contributed by atoms with Gasteiger partial charge in [-0.3, -0.25) is 4.79 Å². The van der Waals surface area contributed by atoms with Crippen molar-refractivity contribution >= 4 is 29.7 Å². The number of hydrogen-bond donors (Lipinski definition) is 3. The molecule has 2 amide bonds. The Morgan fingerprint density at radius 2 is 1.04 bits per heavy atom. The van der Waals surface area contributed by atoms with Crippen LogP contribution in [0.4, 0.5) is 4.79 Å². The van der Waals surface area contributed by atoms with Gasteiger partial charge in [0, 0.05) is 5.75 Å². The Labute approximate surface area is 290 Å². The number of methoxy groups -OCH3 is 1. The molecular formula is C40H38N2O6S. The molecule has 2 atom stereocenters. The van der Waals surface area contributed by atoms with Crippen molar-refractivity contribution in [1.82, 2.24) is 10.6 Å². The molecule has 5 aromatic carbocycles. The van der Waals surface area contributed by atoms with Gasteiger partial charge < -0.3 is 25.2 Å². The predicted octanol–water partition coefficient (Wildman–Crippen LogP) is 6.25. The van der Waals surface area contributed by atoms with Crippen LogP contribution < -0.4 is 10.6 Å². The molecule has 0 heterocycles. The van der Waals surface area contributed by atoms with Crippen molar-refractivity contribution in [2.24, 2.45) is 0 Å². The highest BCUT2D eigenvalue weighted by molar-refractivity contribution is 8.00. The number of esters is 1. The maximum absolute atomic E-state index is 13.9. The van der Waals surface area contributed by atoms with E-state index in [9.17, 15) is 19.5 Å². The van der Waals surface area contributed by atoms with Crippen molar-refractivity contribution in [3.8, 4) is 0 Å². The maximum atomic E-state index is 13.9. The summed E-state index contributed by atoms with van der Waals surface area (Å²) in [6.07, 6.45) is -1.59. The van der Waals surface area contributed by atoms with Gasteiger partial charge in [-0.25, -0.2) is 9.59 Å². The van der Waals surface area contributed by atoms with Crippen molar-refractivity contribution in [2.45, 2.75) is 22.9 Å². The van der Waals surface area contributed by atoms with Crippen molar-refractivity contribution in [3.05, 3.63) is 179 Å². The zero-order chi connectivity index (χ0) is 34.5. The first-order valence-electron chi connectivity index (χ1n) is 15.8. The van der Waals surface area contributed by atoms with E-state index in [0.717, 1.165) is 27.8 Å². The lowest BCUT2D eigenvalue weighted by Crippen LogP contribution is -2.54. The highest BCUT2D eigenvalue weighted by Gasteiger charge is 2.39. The Kier molecular flexibility index (Phi) is 12.2. The van der Waals surface area contributed by atoms with Crippen molar-refractivity contribution in [2.75, 3.05) is 19.5 Å². The molecule has 0 aliphatic heterocycles. The average Bonchev–Trinajstić information content (AvgIpc) is 3.17. The number of carbonyl (C=O) groups is 3. The van der Waals surface area contributed by atoms with Crippen molar-refractivity contribution < 1.29 is 29.0 Å². The van der Waals surface area contributed by atoms with Gasteiger partial charge >= 0.3 is 12.1 Å². The second-order valence-corrected chi connectivity index (χ2v) is 12.4. The first kappa shape index (κ1) is 34.9. The van der Waals surface area contributed by atoms with Crippen LogP contribution >= 0.6 is 11.8 Å². The molecule has 0 spiro atoms. The lowest BCUT2D eigenvalue weighted by atomic mass is 9.84. The number of aliphatic hydroxyl groups excluding tert-OH is 1. The molecular weight excluding hydrogens is 637 g/mol. The van der Waals surface area contributed by atoms with E-state index in [2.05, 4.69) is 10.6 Å². The number of thioether (sulfide) groups is 1. The normalized spacial score (nSPS) is 12.4. The minimum atomic E-state index is -1.33. The summed E-state index contributed by atoms with van der Waals surface area (Å²) < 4.78 is 9.98. The number of carbonyl (C=O) groups excluding carboxylic acids is 3. The van der Waals surface area contributed by atoms with Gasteiger partial charge in [-0.05, 0) is 27.8 Å². The molecule has 0 saturated heterocycles. The molecule has 0 saturated carbocycles. The summed E-state index contributed by atoms with van der Waals surface area (Å²) in [4.78, 5) is 40.0. The largest absolute Gasteiger partial charge is 0.467 e. The van der Waals surface area contributed by atoms with Crippen LogP contribution in [0.15, 0.2) is 152 Å². The van der Waals surface area contributed by atoms with E-state index in [-0.39, 0.29) is 5.75 Å². The van der Waals surface area contributed by atoms with Gasteiger partial charge in [0.2, 0.25) is 5.91 Å². The Hall–Kier alpha value is -5.38. The predicted molar refractivity (Wildman–Crippen MR) is 191 cm³/mol. The molecule has 250 valence electrons. The van der Waals surface area contributed by atoms with E-state index in [1.54, 1.807) is 0 Å². The van der Waals surface area contributed by atoms with E-state index >= 15 is 0 Å². The van der Waals surface area contributed by atoms with Gasteiger partial charge in [-0.2, -0.15) is 0 Å². The number of nitrogens with one attached hydrogen (secondary N) is 2. The topological polar surface area (TPSA) is 114 Å². The van der Waals surface area contributed by atoms with E-state index in [1.807, 2.05) is 152 Å². The Morgan fingerprint density at radius 1 is 0.633 bits per heavy atom. The SMILES string of the molecule is COC(=O)C(CO)NC(=O)C(CSC(c1ccccc1)(c1ccccc1)c1ccccc1)NC(=O)OC(c1ccccc1)c1ccccc1. The number of ether oxygens (including phenoxy) is 2. The van der Waals surface area contributed by atoms with Crippen LogP contribution in [-0.2, 0) is 23.8 Å². The summed E-state index contributed by atoms with van der Waals surface area (Å²) in [7, 11) is 1.17. The zero-order valence-corrected chi connectivity index (χ0v) is 27.8. The second-order valence-electron chi connectivity index (χ2n) is 11.2. The average molecular weight is 675 g/mol. The summed E-state index contributed by atoms with van der Waals surface area (Å²) in [5.41, 5.74) is 4.41. The fourth-order valence-electron chi connectivity index (χ4n) is 5.62. The first-order valence-corrected chi connectivity index (χ1v) is 16.8. The molecule has 0 aliphatic rings. The third-order valence-electron chi connectivity index (χ3n) is 8.03. The lowest BCUT2D eigenvalue weighted by molar-refractivity contribution is -0.146. The second kappa shape index (κ2) is 17.1. The van der Waals surface area contributed by atoms with E-state index in [0.29, 0.717) is 0 Å². The minimum absolute atomic E-state index is 0.0558. The summed E-state index contributed by atoms with van der Waals surface area (Å²) >= 11 is 1.46. The number of amides is 2. The number of rotatable bonds is 14.